The summed E-state index contributed by atoms with van der Waals surface area (Å²) in [5.74, 6) is 0.319. The average Bonchev–Trinajstić information content (AvgIpc) is 3.48. The van der Waals surface area contributed by atoms with Gasteiger partial charge in [-0.3, -0.25) is 14.2 Å². The van der Waals surface area contributed by atoms with Crippen LogP contribution >= 0.6 is 0 Å². The van der Waals surface area contributed by atoms with E-state index in [1.165, 1.54) is 35.0 Å². The predicted octanol–water partition coefficient (Wildman–Crippen LogP) is 6.72. The van der Waals surface area contributed by atoms with E-state index in [-0.39, 0.29) is 23.5 Å². The van der Waals surface area contributed by atoms with Gasteiger partial charge in [0.05, 0.1) is 48.1 Å². The Bertz CT molecular complexity index is 1780. The molecule has 0 aliphatic rings. The van der Waals surface area contributed by atoms with E-state index in [0.29, 0.717) is 28.1 Å². The van der Waals surface area contributed by atoms with Crippen LogP contribution in [-0.4, -0.2) is 27.5 Å². The number of aryl methyl sites for hydroxylation is 1. The fourth-order valence-electron chi connectivity index (χ4n) is 4.73. The number of amides is 1. The molecule has 1 amide bonds. The van der Waals surface area contributed by atoms with Crippen LogP contribution in [0.1, 0.15) is 46.0 Å². The standard InChI is InChI=1S/C31H26F3N3O4/c1-19-13-14-27(40-3)26(16-19)37-28(35-25-12-5-4-11-24(25)30(37)39)20(2)36(18-23-10-7-15-41-23)29(38)21-8-6-9-22(17-21)31(32,33)34/h4-17,20H,18H2,1-3H3. The van der Waals surface area contributed by atoms with Gasteiger partial charge in [-0.05, 0) is 74.0 Å². The summed E-state index contributed by atoms with van der Waals surface area (Å²) in [5.41, 5.74) is 0.187. The van der Waals surface area contributed by atoms with E-state index in [1.54, 1.807) is 55.5 Å². The number of furan rings is 1. The van der Waals surface area contributed by atoms with Crippen LogP contribution in [0.25, 0.3) is 16.6 Å². The number of alkyl halides is 3. The average molecular weight is 562 g/mol. The molecular weight excluding hydrogens is 535 g/mol. The molecule has 10 heteroatoms. The lowest BCUT2D eigenvalue weighted by Gasteiger charge is -2.30. The Morgan fingerprint density at radius 2 is 1.83 bits per heavy atom. The number of halogens is 3. The zero-order chi connectivity index (χ0) is 29.3. The van der Waals surface area contributed by atoms with Crippen molar-refractivity contribution in [2.24, 2.45) is 0 Å². The van der Waals surface area contributed by atoms with E-state index in [1.807, 2.05) is 13.0 Å². The fourth-order valence-corrected chi connectivity index (χ4v) is 4.73. The van der Waals surface area contributed by atoms with Gasteiger partial charge < -0.3 is 14.1 Å². The predicted molar refractivity (Wildman–Crippen MR) is 147 cm³/mol. The van der Waals surface area contributed by atoms with Gasteiger partial charge in [-0.15, -0.1) is 0 Å². The molecule has 41 heavy (non-hydrogen) atoms. The van der Waals surface area contributed by atoms with Gasteiger partial charge >= 0.3 is 6.18 Å². The first kappa shape index (κ1) is 27.7. The smallest absolute Gasteiger partial charge is 0.416 e. The van der Waals surface area contributed by atoms with Crippen molar-refractivity contribution in [3.05, 3.63) is 124 Å². The van der Waals surface area contributed by atoms with Crippen molar-refractivity contribution in [3.8, 4) is 11.4 Å². The molecule has 0 aliphatic carbocycles. The van der Waals surface area contributed by atoms with Crippen molar-refractivity contribution in [1.29, 1.82) is 0 Å². The minimum Gasteiger partial charge on any atom is -0.495 e. The summed E-state index contributed by atoms with van der Waals surface area (Å²) < 4.78 is 53.0. The van der Waals surface area contributed by atoms with Crippen molar-refractivity contribution >= 4 is 16.8 Å². The molecule has 0 spiro atoms. The van der Waals surface area contributed by atoms with Gasteiger partial charge in [-0.2, -0.15) is 13.2 Å². The molecule has 0 radical (unpaired) electrons. The normalized spacial score (nSPS) is 12.3. The Labute approximate surface area is 233 Å². The van der Waals surface area contributed by atoms with Crippen molar-refractivity contribution in [2.45, 2.75) is 32.6 Å². The molecule has 0 fully saturated rings. The molecule has 210 valence electrons. The Morgan fingerprint density at radius 1 is 1.05 bits per heavy atom. The van der Waals surface area contributed by atoms with Gasteiger partial charge in [0.25, 0.3) is 11.5 Å². The molecule has 0 bridgehead atoms. The number of ether oxygens (including phenoxy) is 1. The number of hydrogen-bond acceptors (Lipinski definition) is 5. The molecule has 0 aliphatic heterocycles. The van der Waals surface area contributed by atoms with Crippen LogP contribution in [0.2, 0.25) is 0 Å². The minimum absolute atomic E-state index is 0.0864. The van der Waals surface area contributed by atoms with Crippen LogP contribution in [0.4, 0.5) is 13.2 Å². The van der Waals surface area contributed by atoms with E-state index in [4.69, 9.17) is 14.1 Å². The van der Waals surface area contributed by atoms with Gasteiger partial charge in [0, 0.05) is 5.56 Å². The quantitative estimate of drug-likeness (QED) is 0.221. The summed E-state index contributed by atoms with van der Waals surface area (Å²) in [7, 11) is 1.48. The summed E-state index contributed by atoms with van der Waals surface area (Å²) in [6.07, 6.45) is -3.19. The Kier molecular flexibility index (Phi) is 7.40. The monoisotopic (exact) mass is 561 g/mol. The van der Waals surface area contributed by atoms with Gasteiger partial charge in [-0.25, -0.2) is 4.98 Å². The zero-order valence-corrected chi connectivity index (χ0v) is 22.5. The number of benzene rings is 3. The Hall–Kier alpha value is -4.86. The molecule has 2 heterocycles. The first-order chi connectivity index (χ1) is 19.6. The first-order valence-electron chi connectivity index (χ1n) is 12.8. The molecule has 1 atom stereocenters. The van der Waals surface area contributed by atoms with Crippen LogP contribution in [-0.2, 0) is 12.7 Å². The molecule has 3 aromatic carbocycles. The van der Waals surface area contributed by atoms with E-state index >= 15 is 0 Å². The summed E-state index contributed by atoms with van der Waals surface area (Å²) in [5, 5.41) is 0.355. The second kappa shape index (κ2) is 11.0. The molecule has 5 aromatic rings. The number of hydrogen-bond donors (Lipinski definition) is 0. The van der Waals surface area contributed by atoms with Crippen molar-refractivity contribution < 1.29 is 27.1 Å². The summed E-state index contributed by atoms with van der Waals surface area (Å²) in [6.45, 7) is 3.45. The lowest BCUT2D eigenvalue weighted by molar-refractivity contribution is -0.137. The van der Waals surface area contributed by atoms with Gasteiger partial charge in [-0.1, -0.05) is 24.3 Å². The third-order valence-corrected chi connectivity index (χ3v) is 6.82. The molecule has 2 aromatic heterocycles. The van der Waals surface area contributed by atoms with Crippen LogP contribution in [0.15, 0.2) is 94.3 Å². The second-order valence-electron chi connectivity index (χ2n) is 9.57. The zero-order valence-electron chi connectivity index (χ0n) is 22.5. The van der Waals surface area contributed by atoms with Crippen LogP contribution in [0.5, 0.6) is 5.75 Å². The fraction of sp³-hybridized carbons (Fsp3) is 0.194. The maximum Gasteiger partial charge on any atom is 0.416 e. The highest BCUT2D eigenvalue weighted by Crippen LogP contribution is 2.32. The number of carbonyl (C=O) groups excluding carboxylic acids is 1. The molecular formula is C31H26F3N3O4. The van der Waals surface area contributed by atoms with Crippen LogP contribution in [0.3, 0.4) is 0 Å². The molecule has 7 nitrogen and oxygen atoms in total. The summed E-state index contributed by atoms with van der Waals surface area (Å²) >= 11 is 0. The largest absolute Gasteiger partial charge is 0.495 e. The highest BCUT2D eigenvalue weighted by molar-refractivity contribution is 5.94. The van der Waals surface area contributed by atoms with Crippen LogP contribution < -0.4 is 10.3 Å². The Balaban J connectivity index is 1.73. The van der Waals surface area contributed by atoms with Crippen molar-refractivity contribution in [3.63, 3.8) is 0 Å². The molecule has 0 saturated carbocycles. The lowest BCUT2D eigenvalue weighted by Crippen LogP contribution is -2.37. The number of carbonyl (C=O) groups is 1. The molecule has 1 unspecified atom stereocenters. The van der Waals surface area contributed by atoms with E-state index in [9.17, 15) is 22.8 Å². The maximum absolute atomic E-state index is 14.0. The van der Waals surface area contributed by atoms with Crippen molar-refractivity contribution in [1.82, 2.24) is 14.5 Å². The molecule has 0 N–H and O–H groups in total. The summed E-state index contributed by atoms with van der Waals surface area (Å²) in [4.78, 5) is 34.0. The minimum atomic E-state index is -4.63. The van der Waals surface area contributed by atoms with Crippen LogP contribution in [0, 0.1) is 6.92 Å². The van der Waals surface area contributed by atoms with Gasteiger partial charge in [0.15, 0.2) is 0 Å². The number of rotatable bonds is 7. The van der Waals surface area contributed by atoms with Crippen molar-refractivity contribution in [2.75, 3.05) is 7.11 Å². The number of nitrogens with zero attached hydrogens (tertiary/aromatic N) is 3. The van der Waals surface area contributed by atoms with E-state index in [2.05, 4.69) is 0 Å². The highest BCUT2D eigenvalue weighted by Gasteiger charge is 2.33. The number of fused-ring (bicyclic) bond motifs is 1. The topological polar surface area (TPSA) is 77.6 Å². The number of methoxy groups -OCH3 is 1. The SMILES string of the molecule is COc1ccc(C)cc1-n1c(C(C)N(Cc2ccco2)C(=O)c2cccc(C(F)(F)F)c2)nc2ccccc2c1=O. The molecule has 0 saturated heterocycles. The second-order valence-corrected chi connectivity index (χ2v) is 9.57. The first-order valence-corrected chi connectivity index (χ1v) is 12.8. The lowest BCUT2D eigenvalue weighted by atomic mass is 10.1. The summed E-state index contributed by atoms with van der Waals surface area (Å²) in [6, 6.07) is 18.8. The third-order valence-electron chi connectivity index (χ3n) is 6.82. The maximum atomic E-state index is 14.0. The van der Waals surface area contributed by atoms with Gasteiger partial charge in [0.2, 0.25) is 0 Å². The van der Waals surface area contributed by atoms with Gasteiger partial charge in [0.1, 0.15) is 17.3 Å². The highest BCUT2D eigenvalue weighted by atomic mass is 19.4. The number of aromatic nitrogens is 2. The molecule has 5 rings (SSSR count). The Morgan fingerprint density at radius 3 is 2.54 bits per heavy atom. The van der Waals surface area contributed by atoms with E-state index in [0.717, 1.165) is 17.7 Å². The number of para-hydroxylation sites is 1. The third kappa shape index (κ3) is 5.45. The van der Waals surface area contributed by atoms with E-state index < -0.39 is 23.7 Å².